The highest BCUT2D eigenvalue weighted by Crippen LogP contribution is 2.28. The van der Waals surface area contributed by atoms with Gasteiger partial charge in [0.15, 0.2) is 0 Å². The van der Waals surface area contributed by atoms with E-state index in [1.165, 1.54) is 36.8 Å². The van der Waals surface area contributed by atoms with Crippen LogP contribution in [0.5, 0.6) is 0 Å². The van der Waals surface area contributed by atoms with Gasteiger partial charge in [0.1, 0.15) is 0 Å². The second-order valence-electron chi connectivity index (χ2n) is 5.32. The van der Waals surface area contributed by atoms with Crippen LogP contribution in [-0.4, -0.2) is 0 Å². The molecule has 0 heteroatoms. The highest BCUT2D eigenvalue weighted by molar-refractivity contribution is 5.23. The first-order valence-corrected chi connectivity index (χ1v) is 6.63. The van der Waals surface area contributed by atoms with Gasteiger partial charge in [0.05, 0.1) is 0 Å². The number of rotatable bonds is 0. The average molecular weight is 250 g/mol. The SMILES string of the molecule is C.C.CC1CCCCC1C.Cc1ccccc1C. The van der Waals surface area contributed by atoms with Gasteiger partial charge in [-0.25, -0.2) is 0 Å². The lowest BCUT2D eigenvalue weighted by Gasteiger charge is -2.24. The van der Waals surface area contributed by atoms with Crippen molar-refractivity contribution in [1.82, 2.24) is 0 Å². The van der Waals surface area contributed by atoms with E-state index < -0.39 is 0 Å². The van der Waals surface area contributed by atoms with Crippen molar-refractivity contribution >= 4 is 0 Å². The third-order valence-corrected chi connectivity index (χ3v) is 3.97. The molecule has 0 amide bonds. The van der Waals surface area contributed by atoms with Crippen LogP contribution in [0.2, 0.25) is 0 Å². The van der Waals surface area contributed by atoms with E-state index in [1.807, 2.05) is 0 Å². The molecule has 1 aliphatic rings. The van der Waals surface area contributed by atoms with Gasteiger partial charge in [0, 0.05) is 0 Å². The van der Waals surface area contributed by atoms with Gasteiger partial charge in [-0.15, -0.1) is 0 Å². The van der Waals surface area contributed by atoms with Crippen molar-refractivity contribution in [2.24, 2.45) is 11.8 Å². The Kier molecular flexibility index (Phi) is 11.1. The summed E-state index contributed by atoms with van der Waals surface area (Å²) in [6, 6.07) is 8.36. The second kappa shape index (κ2) is 10.2. The topological polar surface area (TPSA) is 0 Å². The lowest BCUT2D eigenvalue weighted by molar-refractivity contribution is 0.277. The maximum Gasteiger partial charge on any atom is -0.0395 e. The van der Waals surface area contributed by atoms with Gasteiger partial charge in [-0.3, -0.25) is 0 Å². The Morgan fingerprint density at radius 3 is 1.33 bits per heavy atom. The lowest BCUT2D eigenvalue weighted by atomic mass is 9.82. The predicted molar refractivity (Wildman–Crippen MR) is 86.2 cm³/mol. The van der Waals surface area contributed by atoms with Crippen LogP contribution in [0.25, 0.3) is 0 Å². The van der Waals surface area contributed by atoms with Crippen molar-refractivity contribution in [2.75, 3.05) is 0 Å². The first-order chi connectivity index (χ1) is 7.61. The molecule has 2 atom stereocenters. The molecule has 2 unspecified atom stereocenters. The van der Waals surface area contributed by atoms with Crippen molar-refractivity contribution in [3.8, 4) is 0 Å². The van der Waals surface area contributed by atoms with Crippen molar-refractivity contribution in [1.29, 1.82) is 0 Å². The highest BCUT2D eigenvalue weighted by Gasteiger charge is 2.15. The van der Waals surface area contributed by atoms with Crippen LogP contribution in [-0.2, 0) is 0 Å². The minimum Gasteiger partial charge on any atom is -0.0776 e. The summed E-state index contributed by atoms with van der Waals surface area (Å²) in [4.78, 5) is 0. The van der Waals surface area contributed by atoms with E-state index in [0.717, 1.165) is 11.8 Å². The largest absolute Gasteiger partial charge is 0.0776 e. The van der Waals surface area contributed by atoms with Crippen LogP contribution in [0.15, 0.2) is 24.3 Å². The van der Waals surface area contributed by atoms with E-state index in [4.69, 9.17) is 0 Å². The van der Waals surface area contributed by atoms with Crippen molar-refractivity contribution in [3.63, 3.8) is 0 Å². The van der Waals surface area contributed by atoms with Gasteiger partial charge < -0.3 is 0 Å². The molecule has 1 aliphatic carbocycles. The molecule has 1 saturated carbocycles. The molecule has 1 aromatic carbocycles. The molecule has 1 fully saturated rings. The van der Waals surface area contributed by atoms with E-state index in [1.54, 1.807) is 0 Å². The minimum absolute atomic E-state index is 0. The standard InChI is InChI=1S/C8H16.C8H10.2CH4/c2*1-7-5-3-4-6-8(7)2;;/h7-8H,3-6H2,1-2H3;3-6H,1-2H3;2*1H4. The zero-order valence-electron chi connectivity index (χ0n) is 11.3. The monoisotopic (exact) mass is 250 g/mol. The van der Waals surface area contributed by atoms with Crippen LogP contribution < -0.4 is 0 Å². The molecule has 18 heavy (non-hydrogen) atoms. The van der Waals surface area contributed by atoms with Crippen LogP contribution in [0.3, 0.4) is 0 Å². The van der Waals surface area contributed by atoms with Crippen LogP contribution in [0.1, 0.15) is 65.5 Å². The van der Waals surface area contributed by atoms with Crippen LogP contribution in [0.4, 0.5) is 0 Å². The molecule has 0 nitrogen and oxygen atoms in total. The summed E-state index contributed by atoms with van der Waals surface area (Å²) < 4.78 is 0. The first-order valence-electron chi connectivity index (χ1n) is 6.63. The zero-order chi connectivity index (χ0) is 12.0. The number of aryl methyl sites for hydroxylation is 2. The molecular formula is C18H34. The Labute approximate surface area is 116 Å². The molecule has 0 heterocycles. The predicted octanol–water partition coefficient (Wildman–Crippen LogP) is 6.41. The summed E-state index contributed by atoms with van der Waals surface area (Å²) >= 11 is 0. The van der Waals surface area contributed by atoms with Gasteiger partial charge >= 0.3 is 0 Å². The maximum atomic E-state index is 2.38. The van der Waals surface area contributed by atoms with Crippen molar-refractivity contribution in [3.05, 3.63) is 35.4 Å². The number of hydrogen-bond acceptors (Lipinski definition) is 0. The van der Waals surface area contributed by atoms with E-state index in [0.29, 0.717) is 0 Å². The summed E-state index contributed by atoms with van der Waals surface area (Å²) in [5.74, 6) is 2.01. The molecule has 0 bridgehead atoms. The van der Waals surface area contributed by atoms with Crippen molar-refractivity contribution in [2.45, 2.75) is 68.2 Å². The third kappa shape index (κ3) is 6.83. The molecule has 1 aromatic rings. The fraction of sp³-hybridized carbons (Fsp3) is 0.667. The Morgan fingerprint density at radius 2 is 1.11 bits per heavy atom. The van der Waals surface area contributed by atoms with Gasteiger partial charge in [-0.05, 0) is 36.8 Å². The first kappa shape index (κ1) is 19.6. The Hall–Kier alpha value is -0.780. The minimum atomic E-state index is 0. The molecule has 0 aromatic heterocycles. The summed E-state index contributed by atoms with van der Waals surface area (Å²) in [5, 5.41) is 0. The normalized spacial score (nSPS) is 21.8. The van der Waals surface area contributed by atoms with E-state index in [-0.39, 0.29) is 14.9 Å². The molecule has 0 spiro atoms. The van der Waals surface area contributed by atoms with Gasteiger partial charge in [0.2, 0.25) is 0 Å². The van der Waals surface area contributed by atoms with E-state index >= 15 is 0 Å². The molecule has 0 radical (unpaired) electrons. The zero-order valence-corrected chi connectivity index (χ0v) is 11.3. The van der Waals surface area contributed by atoms with Gasteiger partial charge in [-0.2, -0.15) is 0 Å². The van der Waals surface area contributed by atoms with Crippen molar-refractivity contribution < 1.29 is 0 Å². The second-order valence-corrected chi connectivity index (χ2v) is 5.32. The molecular weight excluding hydrogens is 216 g/mol. The Balaban J connectivity index is 0. The number of benzene rings is 1. The maximum absolute atomic E-state index is 2.38. The number of hydrogen-bond donors (Lipinski definition) is 0. The Bertz CT molecular complexity index is 270. The highest BCUT2D eigenvalue weighted by atomic mass is 14.2. The quantitative estimate of drug-likeness (QED) is 0.499. The third-order valence-electron chi connectivity index (χ3n) is 3.97. The molecule has 2 rings (SSSR count). The van der Waals surface area contributed by atoms with Crippen LogP contribution >= 0.6 is 0 Å². The summed E-state index contributed by atoms with van der Waals surface area (Å²) in [6.45, 7) is 9.00. The fourth-order valence-corrected chi connectivity index (χ4v) is 2.16. The average Bonchev–Trinajstić information content (AvgIpc) is 2.28. The van der Waals surface area contributed by atoms with Gasteiger partial charge in [-0.1, -0.05) is 78.6 Å². The lowest BCUT2D eigenvalue weighted by Crippen LogP contribution is -2.12. The van der Waals surface area contributed by atoms with E-state index in [9.17, 15) is 0 Å². The molecule has 0 saturated heterocycles. The fourth-order valence-electron chi connectivity index (χ4n) is 2.16. The summed E-state index contributed by atoms with van der Waals surface area (Å²) in [7, 11) is 0. The van der Waals surface area contributed by atoms with E-state index in [2.05, 4.69) is 52.0 Å². The summed E-state index contributed by atoms with van der Waals surface area (Å²) in [5.41, 5.74) is 2.74. The smallest absolute Gasteiger partial charge is 0.0395 e. The van der Waals surface area contributed by atoms with Crippen LogP contribution in [0, 0.1) is 25.7 Å². The van der Waals surface area contributed by atoms with Gasteiger partial charge in [0.25, 0.3) is 0 Å². The Morgan fingerprint density at radius 1 is 0.778 bits per heavy atom. The molecule has 106 valence electrons. The molecule has 0 N–H and O–H groups in total. The molecule has 0 aliphatic heterocycles. The summed E-state index contributed by atoms with van der Waals surface area (Å²) in [6.07, 6.45) is 5.90.